The van der Waals surface area contributed by atoms with Crippen molar-refractivity contribution in [3.8, 4) is 11.5 Å². The summed E-state index contributed by atoms with van der Waals surface area (Å²) in [6.45, 7) is 0. The largest absolute Gasteiger partial charge is 3.00 e. The molecule has 0 saturated carbocycles. The van der Waals surface area contributed by atoms with Gasteiger partial charge in [0.2, 0.25) is 0 Å². The molecule has 18 heavy (non-hydrogen) atoms. The first-order chi connectivity index (χ1) is 7.80. The Morgan fingerprint density at radius 3 is 0.833 bits per heavy atom. The van der Waals surface area contributed by atoms with Crippen LogP contribution in [0, 0.1) is 0 Å². The Morgan fingerprint density at radius 2 is 0.722 bits per heavy atom. The van der Waals surface area contributed by atoms with Crippen LogP contribution in [0.2, 0.25) is 0 Å². The summed E-state index contributed by atoms with van der Waals surface area (Å²) in [5.74, 6) is -0.875. The van der Waals surface area contributed by atoms with Crippen molar-refractivity contribution in [3.63, 3.8) is 0 Å². The molecule has 0 bridgehead atoms. The Kier molecular flexibility index (Phi) is 87.6. The number of benzene rings is 1. The zero-order chi connectivity index (χ0) is 14.0. The van der Waals surface area contributed by atoms with Crippen LogP contribution >= 0.6 is 0 Å². The van der Waals surface area contributed by atoms with E-state index in [1.54, 1.807) is 12.1 Å². The van der Waals surface area contributed by atoms with Crippen LogP contribution in [0.15, 0.2) is 24.3 Å². The van der Waals surface area contributed by atoms with Gasteiger partial charge in [-0.05, 0) is 0 Å². The Balaban J connectivity index is -0.0000000315. The average Bonchev–Trinajstić information content (AvgIpc) is 2.42. The van der Waals surface area contributed by atoms with Gasteiger partial charge in [-0.3, -0.25) is 0 Å². The summed E-state index contributed by atoms with van der Waals surface area (Å²) in [5, 5.41) is 53.6. The molecule has 1 aromatic rings. The summed E-state index contributed by atoms with van der Waals surface area (Å²) < 4.78 is 0. The van der Waals surface area contributed by atoms with E-state index in [-0.39, 0.29) is 34.7 Å². The summed E-state index contributed by atoms with van der Waals surface area (Å²) in [5.41, 5.74) is 0. The molecular weight excluding hydrogens is 270 g/mol. The van der Waals surface area contributed by atoms with Crippen molar-refractivity contribution in [2.24, 2.45) is 0 Å². The monoisotopic (exact) mass is 286 g/mol. The van der Waals surface area contributed by atoms with Gasteiger partial charge in [-0.15, -0.1) is 11.5 Å². The van der Waals surface area contributed by atoms with E-state index in [0.29, 0.717) is 0 Å². The Morgan fingerprint density at radius 1 is 0.556 bits per heavy atom. The van der Waals surface area contributed by atoms with Crippen molar-refractivity contribution < 1.29 is 30.6 Å². The summed E-state index contributed by atoms with van der Waals surface area (Å²) in [4.78, 5) is 0. The Bertz CT molecular complexity index is 180. The normalized spacial score (nSPS) is 5.33. The molecule has 0 aliphatic carbocycles. The minimum atomic E-state index is -0.437. The third-order valence-electron chi connectivity index (χ3n) is 0.849. The van der Waals surface area contributed by atoms with Crippen molar-refractivity contribution in [1.29, 1.82) is 0 Å². The van der Waals surface area contributed by atoms with Crippen LogP contribution in [0.3, 0.4) is 0 Å². The zero-order valence-corrected chi connectivity index (χ0v) is 13.2. The van der Waals surface area contributed by atoms with Gasteiger partial charge in [-0.2, -0.15) is 28.4 Å². The average molecular weight is 286 g/mol. The molecule has 0 heterocycles. The van der Waals surface area contributed by atoms with Gasteiger partial charge in [0.05, 0.1) is 0 Å². The first-order valence-electron chi connectivity index (χ1n) is 3.87. The van der Waals surface area contributed by atoms with Gasteiger partial charge in [-0.1, -0.05) is 24.3 Å². The molecule has 0 amide bonds. The van der Waals surface area contributed by atoms with Crippen molar-refractivity contribution in [3.05, 3.63) is 24.3 Å². The molecule has 1 aromatic carbocycles. The van der Waals surface area contributed by atoms with Gasteiger partial charge in [0.1, 0.15) is 0 Å². The van der Waals surface area contributed by atoms with Gasteiger partial charge in [0.25, 0.3) is 0 Å². The molecule has 0 aliphatic rings. The van der Waals surface area contributed by atoms with Crippen molar-refractivity contribution >= 4 is 34.7 Å². The standard InChI is InChI=1S/C6H6O2.4CH3O.2Al/c7-5-3-1-2-4-6(5)8;4*1-2;;/h1-4,7-8H;4*1H3;;/q;4*-1;2*+3/p-2. The van der Waals surface area contributed by atoms with Gasteiger partial charge < -0.3 is 30.6 Å². The number of rotatable bonds is 0. The van der Waals surface area contributed by atoms with Crippen molar-refractivity contribution in [2.45, 2.75) is 0 Å². The minimum absolute atomic E-state index is 0. The quantitative estimate of drug-likeness (QED) is 0.437. The van der Waals surface area contributed by atoms with Crippen LogP contribution in [-0.2, 0) is 0 Å². The molecule has 0 unspecified atom stereocenters. The molecule has 0 atom stereocenters. The van der Waals surface area contributed by atoms with Crippen LogP contribution < -0.4 is 30.6 Å². The predicted octanol–water partition coefficient (Wildman–Crippen LogP) is -5.02. The first-order valence-corrected chi connectivity index (χ1v) is 3.87. The first kappa shape index (κ1) is 36.1. The van der Waals surface area contributed by atoms with Crippen LogP contribution in [0.5, 0.6) is 11.5 Å². The van der Waals surface area contributed by atoms with Crippen LogP contribution in [0.4, 0.5) is 0 Å². The molecule has 0 saturated heterocycles. The van der Waals surface area contributed by atoms with E-state index in [4.69, 9.17) is 20.4 Å². The number of para-hydroxylation sites is 2. The summed E-state index contributed by atoms with van der Waals surface area (Å²) in [6.07, 6.45) is 0. The third kappa shape index (κ3) is 29.6. The fourth-order valence-corrected chi connectivity index (χ4v) is 0.450. The Labute approximate surface area is 129 Å². The number of hydrogen-bond acceptors (Lipinski definition) is 6. The molecule has 98 valence electrons. The van der Waals surface area contributed by atoms with Crippen molar-refractivity contribution in [1.82, 2.24) is 0 Å². The second-order valence-electron chi connectivity index (χ2n) is 1.45. The summed E-state index contributed by atoms with van der Waals surface area (Å²) in [7, 11) is 3.00. The van der Waals surface area contributed by atoms with Gasteiger partial charge >= 0.3 is 34.7 Å². The smallest absolute Gasteiger partial charge is 0.873 e. The molecule has 8 heteroatoms. The van der Waals surface area contributed by atoms with Crippen LogP contribution in [0.1, 0.15) is 0 Å². The van der Waals surface area contributed by atoms with Crippen molar-refractivity contribution in [2.75, 3.05) is 28.4 Å². The molecule has 0 fully saturated rings. The molecule has 0 spiro atoms. The number of hydrogen-bond donors (Lipinski definition) is 0. The second-order valence-corrected chi connectivity index (χ2v) is 1.45. The predicted molar refractivity (Wildman–Crippen MR) is 60.5 cm³/mol. The maximum atomic E-state index is 10.3. The molecule has 0 N–H and O–H groups in total. The van der Waals surface area contributed by atoms with Crippen LogP contribution in [-0.4, -0.2) is 63.2 Å². The summed E-state index contributed by atoms with van der Waals surface area (Å²) >= 11 is 0. The fraction of sp³-hybridized carbons (Fsp3) is 0.400. The van der Waals surface area contributed by atoms with Crippen LogP contribution in [0.25, 0.3) is 0 Å². The van der Waals surface area contributed by atoms with E-state index < -0.39 is 11.5 Å². The Hall–Kier alpha value is -0.275. The van der Waals surface area contributed by atoms with Gasteiger partial charge in [-0.25, -0.2) is 0 Å². The topological polar surface area (TPSA) is 138 Å². The maximum absolute atomic E-state index is 10.3. The van der Waals surface area contributed by atoms with E-state index in [2.05, 4.69) is 0 Å². The minimum Gasteiger partial charge on any atom is -0.873 e. The van der Waals surface area contributed by atoms with Gasteiger partial charge in [0, 0.05) is 0 Å². The van der Waals surface area contributed by atoms with E-state index >= 15 is 0 Å². The van der Waals surface area contributed by atoms with E-state index in [1.807, 2.05) is 0 Å². The molecule has 0 aromatic heterocycles. The van der Waals surface area contributed by atoms with E-state index in [1.165, 1.54) is 12.1 Å². The SMILES string of the molecule is C[O-].C[O-].C[O-].C[O-].[Al+3].[Al+3].[O-]c1ccccc1[O-]. The molecular formula is C10H16Al2O6. The summed E-state index contributed by atoms with van der Waals surface area (Å²) in [6, 6.07) is 5.60. The van der Waals surface area contributed by atoms with E-state index in [0.717, 1.165) is 28.4 Å². The molecule has 1 rings (SSSR count). The zero-order valence-electron chi connectivity index (χ0n) is 10.9. The molecule has 6 nitrogen and oxygen atoms in total. The second kappa shape index (κ2) is 43.7. The molecule has 0 radical (unpaired) electrons. The van der Waals surface area contributed by atoms with E-state index in [9.17, 15) is 10.2 Å². The molecule has 0 aliphatic heterocycles. The third-order valence-corrected chi connectivity index (χ3v) is 0.849. The van der Waals surface area contributed by atoms with Gasteiger partial charge in [0.15, 0.2) is 0 Å². The maximum Gasteiger partial charge on any atom is 3.00 e. The fourth-order valence-electron chi connectivity index (χ4n) is 0.450.